The van der Waals surface area contributed by atoms with Crippen LogP contribution in [0.1, 0.15) is 24.2 Å². The maximum absolute atomic E-state index is 12.5. The molecule has 0 radical (unpaired) electrons. The highest BCUT2D eigenvalue weighted by Crippen LogP contribution is 2.33. The molecule has 0 aliphatic carbocycles. The molecule has 5 nitrogen and oxygen atoms in total. The molecule has 0 N–H and O–H groups in total. The maximum Gasteiger partial charge on any atom is 0.261 e. The number of hydrogen-bond acceptors (Lipinski definition) is 4. The number of pyridine rings is 1. The third-order valence-corrected chi connectivity index (χ3v) is 3.55. The molecule has 0 aliphatic heterocycles. The Morgan fingerprint density at radius 1 is 1.14 bits per heavy atom. The first-order valence-electron chi connectivity index (χ1n) is 7.00. The van der Waals surface area contributed by atoms with Gasteiger partial charge in [0.25, 0.3) is 5.56 Å². The lowest BCUT2D eigenvalue weighted by Crippen LogP contribution is -2.26. The molecule has 2 aromatic rings. The van der Waals surface area contributed by atoms with E-state index in [0.29, 0.717) is 23.7 Å². The minimum absolute atomic E-state index is 0.187. The van der Waals surface area contributed by atoms with Crippen molar-refractivity contribution >= 4 is 5.78 Å². The Bertz CT molecular complexity index is 762. The fourth-order valence-corrected chi connectivity index (χ4v) is 2.41. The Labute approximate surface area is 129 Å². The number of nitrogens with zero attached hydrogens (tertiary/aromatic N) is 1. The van der Waals surface area contributed by atoms with Crippen molar-refractivity contribution in [3.05, 3.63) is 46.2 Å². The van der Waals surface area contributed by atoms with Crippen LogP contribution in [0.2, 0.25) is 0 Å². The fraction of sp³-hybridized carbons (Fsp3) is 0.294. The third-order valence-electron chi connectivity index (χ3n) is 3.55. The van der Waals surface area contributed by atoms with Crippen molar-refractivity contribution in [2.45, 2.75) is 20.4 Å². The summed E-state index contributed by atoms with van der Waals surface area (Å²) in [5.74, 6) is 1.07. The first-order valence-corrected chi connectivity index (χ1v) is 7.00. The van der Waals surface area contributed by atoms with Gasteiger partial charge in [0.1, 0.15) is 11.5 Å². The Kier molecular flexibility index (Phi) is 4.65. The van der Waals surface area contributed by atoms with E-state index in [-0.39, 0.29) is 16.9 Å². The van der Waals surface area contributed by atoms with E-state index in [1.165, 1.54) is 6.92 Å². The van der Waals surface area contributed by atoms with Crippen LogP contribution in [-0.4, -0.2) is 24.6 Å². The van der Waals surface area contributed by atoms with E-state index in [9.17, 15) is 9.59 Å². The van der Waals surface area contributed by atoms with Crippen molar-refractivity contribution in [3.8, 4) is 22.8 Å². The van der Waals surface area contributed by atoms with Crippen molar-refractivity contribution in [3.63, 3.8) is 0 Å². The van der Waals surface area contributed by atoms with Crippen LogP contribution in [0.15, 0.2) is 35.1 Å². The van der Waals surface area contributed by atoms with E-state index in [0.717, 1.165) is 5.56 Å². The normalized spacial score (nSPS) is 10.4. The summed E-state index contributed by atoms with van der Waals surface area (Å²) in [7, 11) is 3.15. The predicted molar refractivity (Wildman–Crippen MR) is 84.9 cm³/mol. The second-order valence-corrected chi connectivity index (χ2v) is 4.80. The molecule has 2 rings (SSSR count). The lowest BCUT2D eigenvalue weighted by Gasteiger charge is -2.16. The van der Waals surface area contributed by atoms with Gasteiger partial charge in [0.05, 0.1) is 25.5 Å². The smallest absolute Gasteiger partial charge is 0.261 e. The minimum Gasteiger partial charge on any atom is -0.497 e. The van der Waals surface area contributed by atoms with E-state index < -0.39 is 0 Å². The molecule has 0 saturated carbocycles. The van der Waals surface area contributed by atoms with Gasteiger partial charge in [-0.2, -0.15) is 0 Å². The van der Waals surface area contributed by atoms with Gasteiger partial charge in [0.15, 0.2) is 5.78 Å². The Balaban J connectivity index is 2.75. The molecule has 22 heavy (non-hydrogen) atoms. The first-order chi connectivity index (χ1) is 10.5. The van der Waals surface area contributed by atoms with Crippen molar-refractivity contribution in [1.29, 1.82) is 0 Å². The second kappa shape index (κ2) is 6.47. The summed E-state index contributed by atoms with van der Waals surface area (Å²) in [5.41, 5.74) is 1.33. The van der Waals surface area contributed by atoms with Gasteiger partial charge in [-0.05, 0) is 44.2 Å². The van der Waals surface area contributed by atoms with Crippen LogP contribution in [0, 0.1) is 0 Å². The molecule has 0 amide bonds. The molecule has 1 heterocycles. The van der Waals surface area contributed by atoms with E-state index >= 15 is 0 Å². The maximum atomic E-state index is 12.5. The highest BCUT2D eigenvalue weighted by atomic mass is 16.5. The van der Waals surface area contributed by atoms with E-state index in [1.54, 1.807) is 43.1 Å². The van der Waals surface area contributed by atoms with Gasteiger partial charge in [0, 0.05) is 12.1 Å². The summed E-state index contributed by atoms with van der Waals surface area (Å²) in [6, 6.07) is 8.72. The average Bonchev–Trinajstić information content (AvgIpc) is 2.53. The molecule has 0 saturated heterocycles. The number of rotatable bonds is 5. The van der Waals surface area contributed by atoms with Gasteiger partial charge in [-0.15, -0.1) is 0 Å². The first kappa shape index (κ1) is 15.8. The largest absolute Gasteiger partial charge is 0.497 e. The minimum atomic E-state index is -0.294. The highest BCUT2D eigenvalue weighted by molar-refractivity contribution is 5.94. The highest BCUT2D eigenvalue weighted by Gasteiger charge is 2.15. The molecule has 0 unspecified atom stereocenters. The topological polar surface area (TPSA) is 57.5 Å². The molecular formula is C17H19NO4. The zero-order valence-electron chi connectivity index (χ0n) is 13.2. The van der Waals surface area contributed by atoms with Crippen LogP contribution in [0.5, 0.6) is 11.5 Å². The van der Waals surface area contributed by atoms with E-state index in [4.69, 9.17) is 9.47 Å². The quantitative estimate of drug-likeness (QED) is 0.797. The van der Waals surface area contributed by atoms with Gasteiger partial charge >= 0.3 is 0 Å². The number of aromatic nitrogens is 1. The van der Waals surface area contributed by atoms with Gasteiger partial charge in [-0.1, -0.05) is 0 Å². The number of carbonyl (C=O) groups excluding carboxylic acids is 1. The summed E-state index contributed by atoms with van der Waals surface area (Å²) < 4.78 is 12.2. The number of carbonyl (C=O) groups is 1. The summed E-state index contributed by atoms with van der Waals surface area (Å²) in [4.78, 5) is 24.0. The lowest BCUT2D eigenvalue weighted by molar-refractivity contribution is 0.101. The van der Waals surface area contributed by atoms with Crippen LogP contribution >= 0.6 is 0 Å². The molecule has 1 aromatic heterocycles. The molecule has 1 aromatic carbocycles. The second-order valence-electron chi connectivity index (χ2n) is 4.80. The number of ether oxygens (including phenoxy) is 2. The number of ketones is 1. The Morgan fingerprint density at radius 2 is 1.86 bits per heavy atom. The van der Waals surface area contributed by atoms with Gasteiger partial charge in [-0.3, -0.25) is 9.59 Å². The van der Waals surface area contributed by atoms with Gasteiger partial charge < -0.3 is 14.0 Å². The van der Waals surface area contributed by atoms with Crippen LogP contribution in [0.3, 0.4) is 0 Å². The summed E-state index contributed by atoms with van der Waals surface area (Å²) in [6.45, 7) is 3.71. The monoisotopic (exact) mass is 301 g/mol. The standard InChI is InChI=1S/C17H19NO4/c1-5-18-15(8-7-13(11(2)19)17(18)20)14-10-12(21-3)6-9-16(14)22-4/h6-10H,5H2,1-4H3. The van der Waals surface area contributed by atoms with Crippen molar-refractivity contribution in [2.24, 2.45) is 0 Å². The van der Waals surface area contributed by atoms with Crippen LogP contribution in [0.4, 0.5) is 0 Å². The fourth-order valence-electron chi connectivity index (χ4n) is 2.41. The lowest BCUT2D eigenvalue weighted by atomic mass is 10.1. The molecule has 0 aliphatic rings. The molecule has 0 spiro atoms. The van der Waals surface area contributed by atoms with Crippen LogP contribution in [-0.2, 0) is 6.54 Å². The molecular weight excluding hydrogens is 282 g/mol. The number of hydrogen-bond donors (Lipinski definition) is 0. The Morgan fingerprint density at radius 3 is 2.41 bits per heavy atom. The zero-order chi connectivity index (χ0) is 16.3. The van der Waals surface area contributed by atoms with E-state index in [2.05, 4.69) is 0 Å². The summed E-state index contributed by atoms with van der Waals surface area (Å²) in [5, 5.41) is 0. The molecule has 116 valence electrons. The number of Topliss-reactive ketones (excluding diaryl/α,β-unsaturated/α-hetero) is 1. The third kappa shape index (κ3) is 2.74. The van der Waals surface area contributed by atoms with Crippen molar-refractivity contribution < 1.29 is 14.3 Å². The van der Waals surface area contributed by atoms with E-state index in [1.807, 2.05) is 13.0 Å². The van der Waals surface area contributed by atoms with Crippen molar-refractivity contribution in [1.82, 2.24) is 4.57 Å². The molecule has 0 bridgehead atoms. The predicted octanol–water partition coefficient (Wildman–Crippen LogP) is 2.76. The summed E-state index contributed by atoms with van der Waals surface area (Å²) in [6.07, 6.45) is 0. The average molecular weight is 301 g/mol. The molecule has 0 atom stereocenters. The Hall–Kier alpha value is -2.56. The van der Waals surface area contributed by atoms with Crippen LogP contribution in [0.25, 0.3) is 11.3 Å². The SMILES string of the molecule is CCn1c(-c2cc(OC)ccc2OC)ccc(C(C)=O)c1=O. The summed E-state index contributed by atoms with van der Waals surface area (Å²) >= 11 is 0. The molecule has 5 heteroatoms. The van der Waals surface area contributed by atoms with Crippen molar-refractivity contribution in [2.75, 3.05) is 14.2 Å². The van der Waals surface area contributed by atoms with Crippen LogP contribution < -0.4 is 15.0 Å². The van der Waals surface area contributed by atoms with Gasteiger partial charge in [-0.25, -0.2) is 0 Å². The number of benzene rings is 1. The van der Waals surface area contributed by atoms with Gasteiger partial charge in [0.2, 0.25) is 0 Å². The molecule has 0 fully saturated rings. The number of methoxy groups -OCH3 is 2. The zero-order valence-corrected chi connectivity index (χ0v) is 13.2.